The number of amidine groups is 1. The topological polar surface area (TPSA) is 80.2 Å². The third-order valence-corrected chi connectivity index (χ3v) is 7.59. The minimum atomic E-state index is -0.541. The number of amides is 1. The van der Waals surface area contributed by atoms with Crippen LogP contribution in [0.25, 0.3) is 0 Å². The van der Waals surface area contributed by atoms with Crippen LogP contribution in [-0.2, 0) is 19.8 Å². The number of hydrogen-bond acceptors (Lipinski definition) is 6. The van der Waals surface area contributed by atoms with Crippen LogP contribution in [0.3, 0.4) is 0 Å². The molecular weight excluding hydrogens is 478 g/mol. The van der Waals surface area contributed by atoms with Gasteiger partial charge in [-0.05, 0) is 76.7 Å². The highest BCUT2D eigenvalue weighted by Crippen LogP contribution is 2.44. The summed E-state index contributed by atoms with van der Waals surface area (Å²) in [6, 6.07) is 8.44. The third kappa shape index (κ3) is 5.19. The number of nitrogens with one attached hydrogen (secondary N) is 1. The number of esters is 1. The molecule has 1 saturated carbocycles. The normalized spacial score (nSPS) is 25.2. The van der Waals surface area contributed by atoms with Crippen LogP contribution in [0.15, 0.2) is 77.5 Å². The molecule has 3 atom stereocenters. The number of aliphatic imine (C=N–C) groups is 1. The molecule has 5 rings (SSSR count). The second-order valence-corrected chi connectivity index (χ2v) is 11.4. The lowest BCUT2D eigenvalue weighted by atomic mass is 9.71. The fourth-order valence-electron chi connectivity index (χ4n) is 5.64. The van der Waals surface area contributed by atoms with Crippen molar-refractivity contribution in [3.63, 3.8) is 0 Å². The smallest absolute Gasteiger partial charge is 0.408 e. The first kappa shape index (κ1) is 26.0. The van der Waals surface area contributed by atoms with Crippen molar-refractivity contribution in [3.05, 3.63) is 83.6 Å². The molecule has 1 N–H and O–H groups in total. The lowest BCUT2D eigenvalue weighted by Crippen LogP contribution is -2.52. The lowest BCUT2D eigenvalue weighted by Gasteiger charge is -2.43. The standard InChI is InChI=1S/C31H37N3O4/c1-5-37-28(35)23-14-17-25-32-26(27(34(25)20-23)22-10-7-6-8-11-22)21-12-15-24(16-13-21)31(18-9-19-31)33-29(36)38-30(2,3)4/h6-8,10,12-17,20,22,26-27H,5,9,11,18-19H2,1-4H3,(H,33,36). The molecule has 0 bridgehead atoms. The molecule has 7 heteroatoms. The summed E-state index contributed by atoms with van der Waals surface area (Å²) in [5.41, 5.74) is 1.79. The molecule has 1 fully saturated rings. The number of carbonyl (C=O) groups is 2. The van der Waals surface area contributed by atoms with Crippen molar-refractivity contribution in [2.24, 2.45) is 10.9 Å². The van der Waals surface area contributed by atoms with E-state index >= 15 is 0 Å². The molecule has 1 amide bonds. The number of benzene rings is 1. The van der Waals surface area contributed by atoms with E-state index in [0.717, 1.165) is 42.6 Å². The summed E-state index contributed by atoms with van der Waals surface area (Å²) in [4.78, 5) is 32.3. The van der Waals surface area contributed by atoms with Crippen LogP contribution in [0.4, 0.5) is 4.79 Å². The molecule has 3 unspecified atom stereocenters. The highest BCUT2D eigenvalue weighted by atomic mass is 16.6. The summed E-state index contributed by atoms with van der Waals surface area (Å²) in [5.74, 6) is 0.766. The first-order valence-electron chi connectivity index (χ1n) is 13.6. The Morgan fingerprint density at radius 1 is 1.13 bits per heavy atom. The summed E-state index contributed by atoms with van der Waals surface area (Å²) >= 11 is 0. The summed E-state index contributed by atoms with van der Waals surface area (Å²) < 4.78 is 10.8. The molecule has 0 aromatic heterocycles. The van der Waals surface area contributed by atoms with E-state index < -0.39 is 11.1 Å². The molecule has 7 nitrogen and oxygen atoms in total. The maximum Gasteiger partial charge on any atom is 0.408 e. The Labute approximate surface area is 225 Å². The highest BCUT2D eigenvalue weighted by molar-refractivity contribution is 6.02. The van der Waals surface area contributed by atoms with Gasteiger partial charge in [0.1, 0.15) is 11.4 Å². The largest absolute Gasteiger partial charge is 0.462 e. The molecule has 0 spiro atoms. The first-order valence-corrected chi connectivity index (χ1v) is 13.6. The number of carbonyl (C=O) groups excluding carboxylic acids is 2. The number of hydrogen-bond donors (Lipinski definition) is 1. The predicted molar refractivity (Wildman–Crippen MR) is 147 cm³/mol. The van der Waals surface area contributed by atoms with E-state index in [9.17, 15) is 9.59 Å². The molecule has 0 radical (unpaired) electrons. The Hall–Kier alpha value is -3.61. The van der Waals surface area contributed by atoms with Crippen LogP contribution >= 0.6 is 0 Å². The van der Waals surface area contributed by atoms with Gasteiger partial charge in [-0.15, -0.1) is 0 Å². The molecule has 2 aliphatic carbocycles. The quantitative estimate of drug-likeness (QED) is 0.480. The molecule has 0 saturated heterocycles. The number of nitrogens with zero attached hydrogens (tertiary/aromatic N) is 2. The second-order valence-electron chi connectivity index (χ2n) is 11.4. The van der Waals surface area contributed by atoms with Crippen molar-refractivity contribution >= 4 is 17.9 Å². The Bertz CT molecular complexity index is 1230. The lowest BCUT2D eigenvalue weighted by molar-refractivity contribution is -0.138. The molecule has 2 heterocycles. The first-order chi connectivity index (χ1) is 18.2. The van der Waals surface area contributed by atoms with E-state index in [4.69, 9.17) is 14.5 Å². The van der Waals surface area contributed by atoms with E-state index in [1.54, 1.807) is 6.08 Å². The fraction of sp³-hybridized carbons (Fsp3) is 0.452. The van der Waals surface area contributed by atoms with E-state index in [1.807, 2.05) is 40.0 Å². The van der Waals surface area contributed by atoms with Gasteiger partial charge in [-0.25, -0.2) is 9.59 Å². The van der Waals surface area contributed by atoms with Gasteiger partial charge in [0.15, 0.2) is 0 Å². The minimum Gasteiger partial charge on any atom is -0.462 e. The van der Waals surface area contributed by atoms with Crippen molar-refractivity contribution in [2.45, 2.75) is 76.6 Å². The van der Waals surface area contributed by atoms with Gasteiger partial charge in [-0.3, -0.25) is 4.99 Å². The second kappa shape index (κ2) is 10.3. The van der Waals surface area contributed by atoms with Crippen molar-refractivity contribution in [1.29, 1.82) is 0 Å². The van der Waals surface area contributed by atoms with E-state index in [2.05, 4.69) is 58.8 Å². The van der Waals surface area contributed by atoms with Gasteiger partial charge in [-0.2, -0.15) is 0 Å². The highest BCUT2D eigenvalue weighted by Gasteiger charge is 2.43. The van der Waals surface area contributed by atoms with Gasteiger partial charge >= 0.3 is 12.1 Å². The minimum absolute atomic E-state index is 0.0315. The molecular formula is C31H37N3O4. The van der Waals surface area contributed by atoms with Crippen LogP contribution in [-0.4, -0.2) is 41.0 Å². The molecule has 2 aliphatic heterocycles. The number of alkyl carbamates (subject to hydrolysis) is 1. The summed E-state index contributed by atoms with van der Waals surface area (Å²) in [7, 11) is 0. The van der Waals surface area contributed by atoms with E-state index in [-0.39, 0.29) is 30.1 Å². The zero-order valence-corrected chi connectivity index (χ0v) is 22.6. The summed E-state index contributed by atoms with van der Waals surface area (Å²) in [6.45, 7) is 7.77. The van der Waals surface area contributed by atoms with Gasteiger partial charge in [0.2, 0.25) is 0 Å². The number of rotatable bonds is 6. The Kier molecular flexibility index (Phi) is 7.03. The van der Waals surface area contributed by atoms with Gasteiger partial charge in [0.25, 0.3) is 0 Å². The average molecular weight is 516 g/mol. The van der Waals surface area contributed by atoms with Crippen LogP contribution in [0, 0.1) is 5.92 Å². The van der Waals surface area contributed by atoms with Crippen molar-refractivity contribution in [3.8, 4) is 0 Å². The van der Waals surface area contributed by atoms with Crippen molar-refractivity contribution in [2.75, 3.05) is 6.61 Å². The fourth-order valence-corrected chi connectivity index (χ4v) is 5.64. The molecule has 200 valence electrons. The van der Waals surface area contributed by atoms with Crippen LogP contribution in [0.5, 0.6) is 0 Å². The van der Waals surface area contributed by atoms with Crippen LogP contribution in [0.2, 0.25) is 0 Å². The monoisotopic (exact) mass is 515 g/mol. The Morgan fingerprint density at radius 3 is 2.50 bits per heavy atom. The van der Waals surface area contributed by atoms with Crippen LogP contribution in [0.1, 0.15) is 70.5 Å². The van der Waals surface area contributed by atoms with Crippen molar-refractivity contribution in [1.82, 2.24) is 10.2 Å². The van der Waals surface area contributed by atoms with Gasteiger partial charge in [0, 0.05) is 12.1 Å². The number of fused-ring (bicyclic) bond motifs is 1. The van der Waals surface area contributed by atoms with Crippen LogP contribution < -0.4 is 5.32 Å². The predicted octanol–water partition coefficient (Wildman–Crippen LogP) is 5.86. The van der Waals surface area contributed by atoms with Gasteiger partial charge in [0.05, 0.1) is 29.8 Å². The number of ether oxygens (including phenoxy) is 2. The third-order valence-electron chi connectivity index (χ3n) is 7.59. The summed E-state index contributed by atoms with van der Waals surface area (Å²) in [5, 5.41) is 3.14. The molecule has 1 aromatic carbocycles. The Morgan fingerprint density at radius 2 is 1.89 bits per heavy atom. The number of allylic oxidation sites excluding steroid dienone is 3. The Balaban J connectivity index is 1.41. The molecule has 4 aliphatic rings. The SMILES string of the molecule is CCOC(=O)C1=CN2C(=NC(c3ccc(C4(NC(=O)OC(C)(C)C)CCC4)cc3)C2C2C=CC=CC2)C=C1. The average Bonchev–Trinajstić information content (AvgIpc) is 3.25. The molecule has 1 aromatic rings. The zero-order chi connectivity index (χ0) is 26.9. The van der Waals surface area contributed by atoms with Gasteiger partial charge < -0.3 is 19.7 Å². The van der Waals surface area contributed by atoms with E-state index in [0.29, 0.717) is 12.2 Å². The van der Waals surface area contributed by atoms with Gasteiger partial charge in [-0.1, -0.05) is 48.6 Å². The maximum absolute atomic E-state index is 12.6. The zero-order valence-electron chi connectivity index (χ0n) is 22.6. The van der Waals surface area contributed by atoms with E-state index in [1.165, 1.54) is 0 Å². The van der Waals surface area contributed by atoms with Crippen molar-refractivity contribution < 1.29 is 19.1 Å². The summed E-state index contributed by atoms with van der Waals surface area (Å²) in [6.07, 6.45) is 17.5. The molecule has 38 heavy (non-hydrogen) atoms. The maximum atomic E-state index is 12.6.